The van der Waals surface area contributed by atoms with Crippen molar-refractivity contribution < 1.29 is 0 Å². The number of aromatic nitrogens is 2. The highest BCUT2D eigenvalue weighted by molar-refractivity contribution is 9.10. The number of rotatable bonds is 1. The summed E-state index contributed by atoms with van der Waals surface area (Å²) in [5, 5.41) is 2.86. The lowest BCUT2D eigenvalue weighted by Crippen LogP contribution is -1.92. The fraction of sp³-hybridized carbons (Fsp3) is 0.200. The summed E-state index contributed by atoms with van der Waals surface area (Å²) in [6.07, 6.45) is 3.30. The second-order valence-electron chi connectivity index (χ2n) is 1.48. The summed E-state index contributed by atoms with van der Waals surface area (Å²) in [5.74, 6) is 0.768. The van der Waals surface area contributed by atoms with Gasteiger partial charge in [0.1, 0.15) is 10.4 Å². The van der Waals surface area contributed by atoms with Crippen molar-refractivity contribution >= 4 is 21.7 Å². The topological polar surface area (TPSA) is 37.8 Å². The molecular formula is C5H6BrN3. The monoisotopic (exact) mass is 187 g/mol. The van der Waals surface area contributed by atoms with Gasteiger partial charge in [-0.25, -0.2) is 4.98 Å². The number of nitrogens with zero attached hydrogens (tertiary/aromatic N) is 2. The Kier molecular flexibility index (Phi) is 2.00. The molecule has 4 heteroatoms. The summed E-state index contributed by atoms with van der Waals surface area (Å²) in [6.45, 7) is 0. The Morgan fingerprint density at radius 1 is 1.56 bits per heavy atom. The van der Waals surface area contributed by atoms with Crippen LogP contribution in [-0.2, 0) is 0 Å². The molecule has 1 N–H and O–H groups in total. The Hall–Kier alpha value is -0.640. The highest BCUT2D eigenvalue weighted by Crippen LogP contribution is 2.05. The van der Waals surface area contributed by atoms with Gasteiger partial charge in [0.25, 0.3) is 0 Å². The third-order valence-electron chi connectivity index (χ3n) is 0.861. The van der Waals surface area contributed by atoms with E-state index in [4.69, 9.17) is 0 Å². The van der Waals surface area contributed by atoms with E-state index in [0.717, 1.165) is 10.4 Å². The second-order valence-corrected chi connectivity index (χ2v) is 2.29. The van der Waals surface area contributed by atoms with Gasteiger partial charge in [-0.3, -0.25) is 4.98 Å². The number of halogens is 1. The first-order valence-electron chi connectivity index (χ1n) is 2.48. The Bertz CT molecular complexity index is 201. The SMILES string of the molecule is CNc1cncc(Br)n1. The molecule has 9 heavy (non-hydrogen) atoms. The van der Waals surface area contributed by atoms with Gasteiger partial charge in [-0.2, -0.15) is 0 Å². The molecule has 0 atom stereocenters. The predicted molar refractivity (Wildman–Crippen MR) is 39.3 cm³/mol. The summed E-state index contributed by atoms with van der Waals surface area (Å²) < 4.78 is 0.745. The zero-order valence-electron chi connectivity index (χ0n) is 4.93. The van der Waals surface area contributed by atoms with Crippen LogP contribution in [0.3, 0.4) is 0 Å². The molecule has 3 nitrogen and oxygen atoms in total. The van der Waals surface area contributed by atoms with Crippen LogP contribution in [0.25, 0.3) is 0 Å². The van der Waals surface area contributed by atoms with Crippen molar-refractivity contribution in [1.29, 1.82) is 0 Å². The summed E-state index contributed by atoms with van der Waals surface area (Å²) in [7, 11) is 1.80. The first-order chi connectivity index (χ1) is 4.33. The summed E-state index contributed by atoms with van der Waals surface area (Å²) in [6, 6.07) is 0. The smallest absolute Gasteiger partial charge is 0.145 e. The second kappa shape index (κ2) is 2.77. The van der Waals surface area contributed by atoms with Gasteiger partial charge >= 0.3 is 0 Å². The maximum absolute atomic E-state index is 4.03. The van der Waals surface area contributed by atoms with Crippen molar-refractivity contribution in [2.45, 2.75) is 0 Å². The number of nitrogens with one attached hydrogen (secondary N) is 1. The lowest BCUT2D eigenvalue weighted by Gasteiger charge is -1.95. The third-order valence-corrected chi connectivity index (χ3v) is 1.24. The van der Waals surface area contributed by atoms with E-state index in [9.17, 15) is 0 Å². The van der Waals surface area contributed by atoms with Crippen LogP contribution in [0.2, 0.25) is 0 Å². The van der Waals surface area contributed by atoms with E-state index in [0.29, 0.717) is 0 Å². The third kappa shape index (κ3) is 1.64. The molecule has 0 spiro atoms. The van der Waals surface area contributed by atoms with Gasteiger partial charge in [0.05, 0.1) is 12.4 Å². The average molecular weight is 188 g/mol. The maximum atomic E-state index is 4.03. The van der Waals surface area contributed by atoms with Gasteiger partial charge in [0, 0.05) is 7.05 Å². The van der Waals surface area contributed by atoms with Crippen molar-refractivity contribution in [2.75, 3.05) is 12.4 Å². The van der Waals surface area contributed by atoms with Crippen LogP contribution in [0.4, 0.5) is 5.82 Å². The van der Waals surface area contributed by atoms with Crippen LogP contribution in [0.15, 0.2) is 17.0 Å². The van der Waals surface area contributed by atoms with Crippen LogP contribution in [0, 0.1) is 0 Å². The van der Waals surface area contributed by atoms with E-state index in [1.54, 1.807) is 19.4 Å². The van der Waals surface area contributed by atoms with E-state index < -0.39 is 0 Å². The minimum absolute atomic E-state index is 0.745. The molecular weight excluding hydrogens is 182 g/mol. The van der Waals surface area contributed by atoms with Crippen molar-refractivity contribution in [3.05, 3.63) is 17.0 Å². The lowest BCUT2D eigenvalue weighted by atomic mass is 10.7. The summed E-state index contributed by atoms with van der Waals surface area (Å²) >= 11 is 3.19. The molecule has 1 heterocycles. The van der Waals surface area contributed by atoms with E-state index in [1.807, 2.05) is 0 Å². The number of anilines is 1. The molecule has 1 aromatic rings. The molecule has 0 aliphatic carbocycles. The summed E-state index contributed by atoms with van der Waals surface area (Å²) in [4.78, 5) is 7.92. The molecule has 0 saturated carbocycles. The molecule has 0 aromatic carbocycles. The van der Waals surface area contributed by atoms with Crippen molar-refractivity contribution in [3.8, 4) is 0 Å². The van der Waals surface area contributed by atoms with Gasteiger partial charge in [-0.15, -0.1) is 0 Å². The zero-order valence-corrected chi connectivity index (χ0v) is 6.51. The van der Waals surface area contributed by atoms with Gasteiger partial charge < -0.3 is 5.32 Å². The molecule has 0 bridgehead atoms. The molecule has 0 radical (unpaired) electrons. The van der Waals surface area contributed by atoms with E-state index in [1.165, 1.54) is 0 Å². The molecule has 48 valence electrons. The van der Waals surface area contributed by atoms with E-state index >= 15 is 0 Å². The van der Waals surface area contributed by atoms with Gasteiger partial charge in [0.15, 0.2) is 0 Å². The molecule has 1 rings (SSSR count). The zero-order chi connectivity index (χ0) is 6.69. The molecule has 0 aliphatic heterocycles. The minimum atomic E-state index is 0.745. The number of hydrogen-bond acceptors (Lipinski definition) is 3. The van der Waals surface area contributed by atoms with E-state index in [-0.39, 0.29) is 0 Å². The Morgan fingerprint density at radius 2 is 2.33 bits per heavy atom. The normalized spacial score (nSPS) is 9.11. The average Bonchev–Trinajstić information content (AvgIpc) is 1.88. The molecule has 0 amide bonds. The van der Waals surface area contributed by atoms with Crippen LogP contribution >= 0.6 is 15.9 Å². The van der Waals surface area contributed by atoms with E-state index in [2.05, 4.69) is 31.2 Å². The highest BCUT2D eigenvalue weighted by Gasteiger charge is 1.89. The van der Waals surface area contributed by atoms with Crippen molar-refractivity contribution in [3.63, 3.8) is 0 Å². The first kappa shape index (κ1) is 6.48. The Labute approximate surface area is 61.7 Å². The molecule has 0 fully saturated rings. The highest BCUT2D eigenvalue weighted by atomic mass is 79.9. The van der Waals surface area contributed by atoms with Crippen LogP contribution < -0.4 is 5.32 Å². The molecule has 1 aromatic heterocycles. The molecule has 0 aliphatic rings. The quantitative estimate of drug-likeness (QED) is 0.721. The van der Waals surface area contributed by atoms with Gasteiger partial charge in [0.2, 0.25) is 0 Å². The molecule has 0 unspecified atom stereocenters. The number of hydrogen-bond donors (Lipinski definition) is 1. The molecule has 0 saturated heterocycles. The fourth-order valence-electron chi connectivity index (χ4n) is 0.463. The van der Waals surface area contributed by atoms with Crippen LogP contribution in [-0.4, -0.2) is 17.0 Å². The van der Waals surface area contributed by atoms with Gasteiger partial charge in [-0.05, 0) is 15.9 Å². The standard InChI is InChI=1S/C5H6BrN3/c1-7-5-3-8-2-4(6)9-5/h2-3H,1H3,(H,7,9). The Balaban J connectivity index is 2.94. The largest absolute Gasteiger partial charge is 0.372 e. The first-order valence-corrected chi connectivity index (χ1v) is 3.27. The van der Waals surface area contributed by atoms with Crippen LogP contribution in [0.5, 0.6) is 0 Å². The minimum Gasteiger partial charge on any atom is -0.372 e. The van der Waals surface area contributed by atoms with Gasteiger partial charge in [-0.1, -0.05) is 0 Å². The van der Waals surface area contributed by atoms with Crippen LogP contribution in [0.1, 0.15) is 0 Å². The maximum Gasteiger partial charge on any atom is 0.145 e. The van der Waals surface area contributed by atoms with Crippen molar-refractivity contribution in [1.82, 2.24) is 9.97 Å². The predicted octanol–water partition coefficient (Wildman–Crippen LogP) is 1.28. The Morgan fingerprint density at radius 3 is 2.78 bits per heavy atom. The fourth-order valence-corrected chi connectivity index (χ4v) is 0.772. The van der Waals surface area contributed by atoms with Crippen molar-refractivity contribution in [2.24, 2.45) is 0 Å². The lowest BCUT2D eigenvalue weighted by molar-refractivity contribution is 1.15. The summed E-state index contributed by atoms with van der Waals surface area (Å²) in [5.41, 5.74) is 0.